The predicted molar refractivity (Wildman–Crippen MR) is 80.5 cm³/mol. The van der Waals surface area contributed by atoms with Crippen molar-refractivity contribution in [3.05, 3.63) is 54.1 Å². The summed E-state index contributed by atoms with van der Waals surface area (Å²) in [6, 6.07) is 9.80. The molecule has 0 amide bonds. The number of benzene rings is 1. The van der Waals surface area contributed by atoms with Gasteiger partial charge >= 0.3 is 5.97 Å². The molecule has 1 aromatic heterocycles. The fourth-order valence-corrected chi connectivity index (χ4v) is 2.61. The first kappa shape index (κ1) is 14.5. The van der Waals surface area contributed by atoms with Crippen molar-refractivity contribution < 1.29 is 14.3 Å². The molecule has 1 saturated carbocycles. The van der Waals surface area contributed by atoms with Gasteiger partial charge in [-0.05, 0) is 19.4 Å². The van der Waals surface area contributed by atoms with Gasteiger partial charge in [-0.3, -0.25) is 4.79 Å². The fourth-order valence-electron chi connectivity index (χ4n) is 2.61. The number of Topliss-reactive ketones (excluding diaryl/α,β-unsaturated/α-hetero) is 1. The average molecular weight is 298 g/mol. The van der Waals surface area contributed by atoms with E-state index in [1.807, 2.05) is 37.3 Å². The van der Waals surface area contributed by atoms with E-state index >= 15 is 0 Å². The summed E-state index contributed by atoms with van der Waals surface area (Å²) in [5.41, 5.74) is 0.458. The molecule has 114 valence electrons. The van der Waals surface area contributed by atoms with Gasteiger partial charge in [0.1, 0.15) is 5.69 Å². The van der Waals surface area contributed by atoms with Crippen molar-refractivity contribution in [3.8, 4) is 0 Å². The molecule has 1 aliphatic rings. The van der Waals surface area contributed by atoms with Crippen LogP contribution < -0.4 is 0 Å². The zero-order chi connectivity index (χ0) is 15.7. The van der Waals surface area contributed by atoms with Crippen molar-refractivity contribution in [3.63, 3.8) is 0 Å². The third-order valence-corrected chi connectivity index (χ3v) is 4.31. The van der Waals surface area contributed by atoms with Crippen LogP contribution in [0.2, 0.25) is 0 Å². The van der Waals surface area contributed by atoms with Crippen LogP contribution in [0, 0.1) is 0 Å². The van der Waals surface area contributed by atoms with E-state index in [0.717, 1.165) is 5.56 Å². The first-order chi connectivity index (χ1) is 10.5. The van der Waals surface area contributed by atoms with Crippen LogP contribution in [0.25, 0.3) is 0 Å². The van der Waals surface area contributed by atoms with E-state index in [1.165, 1.54) is 6.20 Å². The molecule has 2 unspecified atom stereocenters. The molecule has 2 aromatic rings. The Morgan fingerprint density at radius 2 is 2.09 bits per heavy atom. The average Bonchev–Trinajstić information content (AvgIpc) is 3.03. The number of aromatic nitrogens is 2. The quantitative estimate of drug-likeness (QED) is 0.814. The van der Waals surface area contributed by atoms with Gasteiger partial charge < -0.3 is 9.30 Å². The number of ether oxygens (including phenoxy) is 1. The lowest BCUT2D eigenvalue weighted by Crippen LogP contribution is -2.48. The summed E-state index contributed by atoms with van der Waals surface area (Å²) in [5.74, 6) is -0.529. The molecule has 3 rings (SSSR count). The Labute approximate surface area is 128 Å². The van der Waals surface area contributed by atoms with Crippen molar-refractivity contribution in [1.82, 2.24) is 9.55 Å². The Kier molecular flexibility index (Phi) is 3.56. The number of ketones is 1. The summed E-state index contributed by atoms with van der Waals surface area (Å²) in [6.07, 6.45) is 4.15. The van der Waals surface area contributed by atoms with Gasteiger partial charge in [-0.25, -0.2) is 9.78 Å². The molecule has 0 radical (unpaired) electrons. The SMILES string of the molecule is CC(c1ccccc1)n1cncc1C(=O)OC1(C)CCC1=O. The van der Waals surface area contributed by atoms with Gasteiger partial charge in [0, 0.05) is 12.8 Å². The number of imidazole rings is 1. The minimum atomic E-state index is -0.970. The molecule has 1 heterocycles. The Bertz CT molecular complexity index is 708. The highest BCUT2D eigenvalue weighted by Gasteiger charge is 2.45. The third-order valence-electron chi connectivity index (χ3n) is 4.31. The van der Waals surface area contributed by atoms with Gasteiger partial charge in [0.05, 0.1) is 18.6 Å². The maximum Gasteiger partial charge on any atom is 0.357 e. The third kappa shape index (κ3) is 2.43. The highest BCUT2D eigenvalue weighted by molar-refractivity contribution is 5.97. The second-order valence-corrected chi connectivity index (χ2v) is 5.82. The molecule has 0 saturated heterocycles. The van der Waals surface area contributed by atoms with Crippen LogP contribution in [-0.2, 0) is 9.53 Å². The number of hydrogen-bond acceptors (Lipinski definition) is 4. The lowest BCUT2D eigenvalue weighted by molar-refractivity contribution is -0.149. The Morgan fingerprint density at radius 1 is 1.36 bits per heavy atom. The molecular formula is C17H18N2O3. The predicted octanol–water partition coefficient (Wildman–Crippen LogP) is 2.77. The number of carbonyl (C=O) groups is 2. The maximum atomic E-state index is 12.4. The molecule has 1 aliphatic carbocycles. The van der Waals surface area contributed by atoms with Gasteiger partial charge in [-0.2, -0.15) is 0 Å². The minimum Gasteiger partial charge on any atom is -0.447 e. The molecule has 0 spiro atoms. The topological polar surface area (TPSA) is 61.2 Å². The van der Waals surface area contributed by atoms with Crippen LogP contribution >= 0.6 is 0 Å². The first-order valence-corrected chi connectivity index (χ1v) is 7.35. The molecule has 1 aromatic carbocycles. The van der Waals surface area contributed by atoms with E-state index in [4.69, 9.17) is 4.74 Å². The zero-order valence-electron chi connectivity index (χ0n) is 12.7. The van der Waals surface area contributed by atoms with E-state index in [9.17, 15) is 9.59 Å². The summed E-state index contributed by atoms with van der Waals surface area (Å²) in [4.78, 5) is 28.0. The summed E-state index contributed by atoms with van der Waals surface area (Å²) >= 11 is 0. The van der Waals surface area contributed by atoms with Crippen molar-refractivity contribution in [1.29, 1.82) is 0 Å². The van der Waals surface area contributed by atoms with E-state index in [2.05, 4.69) is 4.98 Å². The highest BCUT2D eigenvalue weighted by Crippen LogP contribution is 2.32. The monoisotopic (exact) mass is 298 g/mol. The van der Waals surface area contributed by atoms with Gasteiger partial charge in [0.15, 0.2) is 11.4 Å². The van der Waals surface area contributed by atoms with Crippen LogP contribution in [0.15, 0.2) is 42.9 Å². The number of nitrogens with zero attached hydrogens (tertiary/aromatic N) is 2. The second-order valence-electron chi connectivity index (χ2n) is 5.82. The Hall–Kier alpha value is -2.43. The van der Waals surface area contributed by atoms with Crippen LogP contribution in [0.3, 0.4) is 0 Å². The molecule has 1 fully saturated rings. The standard InChI is InChI=1S/C17H18N2O3/c1-12(13-6-4-3-5-7-13)19-11-18-10-14(19)16(21)22-17(2)9-8-15(17)20/h3-7,10-12H,8-9H2,1-2H3. The number of rotatable bonds is 4. The number of hydrogen-bond donors (Lipinski definition) is 0. The lowest BCUT2D eigenvalue weighted by atomic mass is 9.80. The summed E-state index contributed by atoms with van der Waals surface area (Å²) in [6.45, 7) is 3.65. The van der Waals surface area contributed by atoms with Gasteiger partial charge in [0.2, 0.25) is 0 Å². The molecule has 5 nitrogen and oxygen atoms in total. The normalized spacial score (nSPS) is 22.0. The van der Waals surface area contributed by atoms with Gasteiger partial charge in [0.25, 0.3) is 0 Å². The van der Waals surface area contributed by atoms with Crippen LogP contribution in [0.4, 0.5) is 0 Å². The summed E-state index contributed by atoms with van der Waals surface area (Å²) < 4.78 is 7.18. The first-order valence-electron chi connectivity index (χ1n) is 7.35. The smallest absolute Gasteiger partial charge is 0.357 e. The molecular weight excluding hydrogens is 280 g/mol. The van der Waals surface area contributed by atoms with Gasteiger partial charge in [-0.15, -0.1) is 0 Å². The van der Waals surface area contributed by atoms with Crippen molar-refractivity contribution in [2.45, 2.75) is 38.3 Å². The van der Waals surface area contributed by atoms with E-state index in [0.29, 0.717) is 18.5 Å². The highest BCUT2D eigenvalue weighted by atomic mass is 16.6. The zero-order valence-corrected chi connectivity index (χ0v) is 12.7. The Balaban J connectivity index is 1.83. The summed E-state index contributed by atoms with van der Waals surface area (Å²) in [7, 11) is 0. The van der Waals surface area contributed by atoms with Crippen LogP contribution in [0.1, 0.15) is 48.8 Å². The number of carbonyl (C=O) groups excluding carboxylic acids is 2. The molecule has 0 aliphatic heterocycles. The molecule has 22 heavy (non-hydrogen) atoms. The molecule has 2 atom stereocenters. The minimum absolute atomic E-state index is 0.0250. The van der Waals surface area contributed by atoms with Crippen LogP contribution in [0.5, 0.6) is 0 Å². The Morgan fingerprint density at radius 3 is 2.68 bits per heavy atom. The van der Waals surface area contributed by atoms with E-state index in [1.54, 1.807) is 17.8 Å². The van der Waals surface area contributed by atoms with Crippen molar-refractivity contribution in [2.24, 2.45) is 0 Å². The van der Waals surface area contributed by atoms with Crippen molar-refractivity contribution in [2.75, 3.05) is 0 Å². The van der Waals surface area contributed by atoms with E-state index in [-0.39, 0.29) is 11.8 Å². The van der Waals surface area contributed by atoms with Crippen molar-refractivity contribution >= 4 is 11.8 Å². The molecule has 0 N–H and O–H groups in total. The van der Waals surface area contributed by atoms with Crippen LogP contribution in [-0.4, -0.2) is 26.9 Å². The summed E-state index contributed by atoms with van der Waals surface area (Å²) in [5, 5.41) is 0. The largest absolute Gasteiger partial charge is 0.447 e. The maximum absolute atomic E-state index is 12.4. The second kappa shape index (κ2) is 5.40. The molecule has 0 bridgehead atoms. The fraction of sp³-hybridized carbons (Fsp3) is 0.353. The molecule has 5 heteroatoms. The van der Waals surface area contributed by atoms with E-state index < -0.39 is 11.6 Å². The lowest BCUT2D eigenvalue weighted by Gasteiger charge is -2.35. The number of esters is 1. The van der Waals surface area contributed by atoms with Gasteiger partial charge in [-0.1, -0.05) is 30.3 Å².